The molecule has 0 amide bonds. The van der Waals surface area contributed by atoms with E-state index in [2.05, 4.69) is 15.6 Å². The summed E-state index contributed by atoms with van der Waals surface area (Å²) in [5, 5.41) is 9.14. The van der Waals surface area contributed by atoms with Crippen LogP contribution in [-0.4, -0.2) is 32.8 Å². The fourth-order valence-corrected chi connectivity index (χ4v) is 1.80. The molecule has 1 aromatic heterocycles. The lowest BCUT2D eigenvalue weighted by Gasteiger charge is -2.16. The lowest BCUT2D eigenvalue weighted by molar-refractivity contribution is 0.103. The third kappa shape index (κ3) is 1.94. The minimum Gasteiger partial charge on any atom is -0.381 e. The molecule has 1 aromatic carbocycles. The predicted octanol–water partition coefficient (Wildman–Crippen LogP) is 1.34. The maximum absolute atomic E-state index is 9.14. The maximum atomic E-state index is 9.14. The first kappa shape index (κ1) is 11.1. The van der Waals surface area contributed by atoms with Crippen molar-refractivity contribution in [1.29, 1.82) is 0 Å². The smallest absolute Gasteiger partial charge is 0.123 e. The average Bonchev–Trinajstić information content (AvgIpc) is 2.64. The number of aromatic nitrogens is 2. The van der Waals surface area contributed by atoms with E-state index in [0.29, 0.717) is 6.54 Å². The molecule has 2 aromatic rings. The maximum Gasteiger partial charge on any atom is 0.123 e. The van der Waals surface area contributed by atoms with E-state index in [9.17, 15) is 0 Å². The van der Waals surface area contributed by atoms with Crippen LogP contribution in [0.3, 0.4) is 0 Å². The first-order valence-electron chi connectivity index (χ1n) is 5.49. The lowest BCUT2D eigenvalue weighted by Crippen LogP contribution is -2.25. The molecule has 0 aliphatic heterocycles. The Labute approximate surface area is 95.1 Å². The van der Waals surface area contributed by atoms with Crippen LogP contribution in [-0.2, 0) is 13.6 Å². The fourth-order valence-electron chi connectivity index (χ4n) is 1.80. The molecule has 0 bridgehead atoms. The molecule has 86 valence electrons. The van der Waals surface area contributed by atoms with Crippen LogP contribution in [0.25, 0.3) is 11.0 Å². The zero-order valence-electron chi connectivity index (χ0n) is 9.72. The largest absolute Gasteiger partial charge is 0.381 e. The summed E-state index contributed by atoms with van der Waals surface area (Å²) in [4.78, 5) is 6.49. The quantitative estimate of drug-likeness (QED) is 0.789. The molecule has 1 heterocycles. The Kier molecular flexibility index (Phi) is 3.22. The number of aliphatic hydroxyl groups excluding tert-OH is 1. The Morgan fingerprint density at radius 3 is 2.75 bits per heavy atom. The number of hydrogen-bond acceptors (Lipinski definition) is 3. The van der Waals surface area contributed by atoms with Crippen LogP contribution in [0.4, 0.5) is 0 Å². The Morgan fingerprint density at radius 2 is 2.12 bits per heavy atom. The van der Waals surface area contributed by atoms with Gasteiger partial charge in [0.15, 0.2) is 0 Å². The van der Waals surface area contributed by atoms with Crippen molar-refractivity contribution in [1.82, 2.24) is 14.5 Å². The Morgan fingerprint density at radius 1 is 1.38 bits per heavy atom. The van der Waals surface area contributed by atoms with Gasteiger partial charge in [0.25, 0.3) is 0 Å². The monoisotopic (exact) mass is 219 g/mol. The van der Waals surface area contributed by atoms with Gasteiger partial charge in [-0.15, -0.1) is 0 Å². The van der Waals surface area contributed by atoms with Crippen LogP contribution in [0.5, 0.6) is 0 Å². The molecule has 16 heavy (non-hydrogen) atoms. The van der Waals surface area contributed by atoms with Gasteiger partial charge < -0.3 is 9.67 Å². The first-order chi connectivity index (χ1) is 7.76. The number of fused-ring (bicyclic) bond motifs is 1. The summed E-state index contributed by atoms with van der Waals surface area (Å²) in [6, 6.07) is 8.06. The molecule has 4 nitrogen and oxygen atoms in total. The van der Waals surface area contributed by atoms with Gasteiger partial charge in [0.1, 0.15) is 5.82 Å². The first-order valence-corrected chi connectivity index (χ1v) is 5.49. The summed E-state index contributed by atoms with van der Waals surface area (Å²) in [7, 11) is 2.01. The molecule has 0 atom stereocenters. The van der Waals surface area contributed by atoms with Crippen molar-refractivity contribution in [3.05, 3.63) is 30.1 Å². The second-order valence-electron chi connectivity index (χ2n) is 3.86. The van der Waals surface area contributed by atoms with Gasteiger partial charge in [-0.2, -0.15) is 0 Å². The molecular formula is C12H17N3O. The number of benzene rings is 1. The van der Waals surface area contributed by atoms with E-state index in [1.807, 2.05) is 37.1 Å². The zero-order chi connectivity index (χ0) is 11.5. The van der Waals surface area contributed by atoms with E-state index in [1.165, 1.54) is 0 Å². The molecule has 4 heteroatoms. The third-order valence-electron chi connectivity index (χ3n) is 2.89. The Bertz CT molecular complexity index is 474. The molecule has 0 fully saturated rings. The highest BCUT2D eigenvalue weighted by Gasteiger charge is 2.09. The second kappa shape index (κ2) is 4.63. The van der Waals surface area contributed by atoms with E-state index in [0.717, 1.165) is 23.4 Å². The molecule has 0 aliphatic carbocycles. The second-order valence-corrected chi connectivity index (χ2v) is 3.86. The van der Waals surface area contributed by atoms with Gasteiger partial charge in [0, 0.05) is 7.05 Å². The third-order valence-corrected chi connectivity index (χ3v) is 2.89. The summed E-state index contributed by atoms with van der Waals surface area (Å²) >= 11 is 0. The Hall–Kier alpha value is -1.39. The van der Waals surface area contributed by atoms with Gasteiger partial charge in [-0.1, -0.05) is 19.1 Å². The summed E-state index contributed by atoms with van der Waals surface area (Å²) in [6.07, 6.45) is 0. The number of nitrogens with zero attached hydrogens (tertiary/aromatic N) is 3. The highest BCUT2D eigenvalue weighted by molar-refractivity contribution is 5.75. The summed E-state index contributed by atoms with van der Waals surface area (Å²) in [5.74, 6) is 0.983. The molecular weight excluding hydrogens is 202 g/mol. The highest BCUT2D eigenvalue weighted by atomic mass is 16.3. The standard InChI is InChI=1S/C12H17N3O/c1-3-15(9-16)8-12-13-10-6-4-5-7-11(10)14(12)2/h4-7,16H,3,8-9H2,1-2H3. The van der Waals surface area contributed by atoms with E-state index < -0.39 is 0 Å². The van der Waals surface area contributed by atoms with Gasteiger partial charge in [-0.05, 0) is 18.7 Å². The van der Waals surface area contributed by atoms with Crippen LogP contribution in [0.2, 0.25) is 0 Å². The van der Waals surface area contributed by atoms with Crippen LogP contribution in [0.1, 0.15) is 12.7 Å². The van der Waals surface area contributed by atoms with Crippen LogP contribution in [0.15, 0.2) is 24.3 Å². The van der Waals surface area contributed by atoms with E-state index >= 15 is 0 Å². The molecule has 2 rings (SSSR count). The number of imidazole rings is 1. The van der Waals surface area contributed by atoms with Gasteiger partial charge >= 0.3 is 0 Å². The molecule has 0 saturated carbocycles. The van der Waals surface area contributed by atoms with Crippen LogP contribution in [0, 0.1) is 0 Å². The lowest BCUT2D eigenvalue weighted by atomic mass is 10.3. The predicted molar refractivity (Wildman–Crippen MR) is 63.9 cm³/mol. The van der Waals surface area contributed by atoms with Crippen molar-refractivity contribution in [2.45, 2.75) is 13.5 Å². The van der Waals surface area contributed by atoms with Crippen molar-refractivity contribution < 1.29 is 5.11 Å². The fraction of sp³-hybridized carbons (Fsp3) is 0.417. The van der Waals surface area contributed by atoms with E-state index in [-0.39, 0.29) is 6.73 Å². The molecule has 0 saturated heterocycles. The number of rotatable bonds is 4. The SMILES string of the molecule is CCN(CO)Cc1nc2ccccc2n1C. The van der Waals surface area contributed by atoms with E-state index in [1.54, 1.807) is 0 Å². The number of hydrogen-bond donors (Lipinski definition) is 1. The van der Waals surface area contributed by atoms with Gasteiger partial charge in [0.05, 0.1) is 24.3 Å². The molecule has 0 spiro atoms. The highest BCUT2D eigenvalue weighted by Crippen LogP contribution is 2.15. The van der Waals surface area contributed by atoms with Crippen LogP contribution >= 0.6 is 0 Å². The summed E-state index contributed by atoms with van der Waals surface area (Å²) in [5.41, 5.74) is 2.14. The average molecular weight is 219 g/mol. The van der Waals surface area contributed by atoms with Crippen molar-refractivity contribution in [2.75, 3.05) is 13.3 Å². The van der Waals surface area contributed by atoms with E-state index in [4.69, 9.17) is 5.11 Å². The zero-order valence-corrected chi connectivity index (χ0v) is 9.72. The molecule has 0 aliphatic rings. The van der Waals surface area contributed by atoms with Gasteiger partial charge in [0.2, 0.25) is 0 Å². The minimum atomic E-state index is 0.0692. The van der Waals surface area contributed by atoms with Crippen LogP contribution < -0.4 is 0 Å². The van der Waals surface area contributed by atoms with Crippen molar-refractivity contribution in [2.24, 2.45) is 7.05 Å². The van der Waals surface area contributed by atoms with Crippen molar-refractivity contribution in [3.8, 4) is 0 Å². The number of para-hydroxylation sites is 2. The molecule has 1 N–H and O–H groups in total. The normalized spacial score (nSPS) is 11.5. The molecule has 0 radical (unpaired) electrons. The van der Waals surface area contributed by atoms with Gasteiger partial charge in [-0.3, -0.25) is 4.90 Å². The van der Waals surface area contributed by atoms with Crippen molar-refractivity contribution >= 4 is 11.0 Å². The van der Waals surface area contributed by atoms with Crippen molar-refractivity contribution in [3.63, 3.8) is 0 Å². The Balaban J connectivity index is 2.34. The topological polar surface area (TPSA) is 41.3 Å². The minimum absolute atomic E-state index is 0.0692. The molecule has 0 unspecified atom stereocenters. The summed E-state index contributed by atoms with van der Waals surface area (Å²) in [6.45, 7) is 3.59. The number of aryl methyl sites for hydroxylation is 1. The number of aliphatic hydroxyl groups is 1. The van der Waals surface area contributed by atoms with Gasteiger partial charge in [-0.25, -0.2) is 4.98 Å². The summed E-state index contributed by atoms with van der Waals surface area (Å²) < 4.78 is 2.08.